The molecule has 0 unspecified atom stereocenters. The summed E-state index contributed by atoms with van der Waals surface area (Å²) in [6, 6.07) is 1.98. The summed E-state index contributed by atoms with van der Waals surface area (Å²) in [4.78, 5) is 4.65. The maximum atomic E-state index is 12.4. The fourth-order valence-electron chi connectivity index (χ4n) is 2.18. The van der Waals surface area contributed by atoms with E-state index in [0.717, 1.165) is 12.3 Å². The Morgan fingerprint density at radius 3 is 2.48 bits per heavy atom. The number of pyridine rings is 1. The van der Waals surface area contributed by atoms with Gasteiger partial charge in [0.2, 0.25) is 0 Å². The third-order valence-electron chi connectivity index (χ3n) is 3.41. The second-order valence-electron chi connectivity index (χ2n) is 5.15. The molecule has 0 radical (unpaired) electrons. The zero-order chi connectivity index (χ0) is 17.3. The maximum absolute atomic E-state index is 12.4. The normalized spacial score (nSPS) is 22.1. The van der Waals surface area contributed by atoms with Crippen LogP contribution in [-0.2, 0) is 10.9 Å². The van der Waals surface area contributed by atoms with Crippen LogP contribution in [0.4, 0.5) is 26.3 Å². The quantitative estimate of drug-likeness (QED) is 0.856. The lowest BCUT2D eigenvalue weighted by molar-refractivity contribution is -0.211. The molecule has 23 heavy (non-hydrogen) atoms. The van der Waals surface area contributed by atoms with Gasteiger partial charge < -0.3 is 9.84 Å². The molecule has 0 aromatic carbocycles. The summed E-state index contributed by atoms with van der Waals surface area (Å²) >= 11 is 0. The van der Waals surface area contributed by atoms with Crippen molar-refractivity contribution in [2.75, 3.05) is 26.2 Å². The van der Waals surface area contributed by atoms with Crippen LogP contribution in [0.1, 0.15) is 17.4 Å². The first kappa shape index (κ1) is 18.0. The first-order valence-corrected chi connectivity index (χ1v) is 6.69. The van der Waals surface area contributed by atoms with Crippen LogP contribution < -0.4 is 0 Å². The Morgan fingerprint density at radius 2 is 1.96 bits per heavy atom. The van der Waals surface area contributed by atoms with E-state index in [-0.39, 0.29) is 19.7 Å². The van der Waals surface area contributed by atoms with Crippen molar-refractivity contribution in [1.82, 2.24) is 9.88 Å². The van der Waals surface area contributed by atoms with Crippen LogP contribution in [-0.4, -0.2) is 53.5 Å². The van der Waals surface area contributed by atoms with E-state index in [0.29, 0.717) is 5.56 Å². The standard InChI is InChI=1S/C13H14F6N2O2/c14-12(15,16)10-2-1-8(5-20-10)9-6-21(3-4-23-9)7-11(22)13(17,18)19/h1-2,5,9,11,22H,3-4,6-7H2/t9-,11-/m0/s1. The van der Waals surface area contributed by atoms with E-state index in [1.807, 2.05) is 0 Å². The van der Waals surface area contributed by atoms with Crippen LogP contribution in [0.15, 0.2) is 18.3 Å². The molecule has 1 aromatic rings. The molecule has 1 aliphatic heterocycles. The molecule has 1 saturated heterocycles. The van der Waals surface area contributed by atoms with Gasteiger partial charge in [0.15, 0.2) is 6.10 Å². The van der Waals surface area contributed by atoms with Crippen molar-refractivity contribution < 1.29 is 36.2 Å². The Kier molecular flexibility index (Phi) is 5.17. The van der Waals surface area contributed by atoms with E-state index in [9.17, 15) is 26.3 Å². The number of aromatic nitrogens is 1. The molecule has 1 aromatic heterocycles. The van der Waals surface area contributed by atoms with Gasteiger partial charge >= 0.3 is 12.4 Å². The lowest BCUT2D eigenvalue weighted by atomic mass is 10.1. The second kappa shape index (κ2) is 6.62. The smallest absolute Gasteiger partial charge is 0.382 e. The van der Waals surface area contributed by atoms with E-state index in [1.54, 1.807) is 0 Å². The third-order valence-corrected chi connectivity index (χ3v) is 3.41. The lowest BCUT2D eigenvalue weighted by Crippen LogP contribution is -2.46. The van der Waals surface area contributed by atoms with Gasteiger partial charge in [-0.15, -0.1) is 0 Å². The predicted molar refractivity (Wildman–Crippen MR) is 66.4 cm³/mol. The van der Waals surface area contributed by atoms with Gasteiger partial charge in [-0.3, -0.25) is 9.88 Å². The van der Waals surface area contributed by atoms with Gasteiger partial charge in [0.25, 0.3) is 0 Å². The number of aliphatic hydroxyl groups is 1. The average Bonchev–Trinajstić information content (AvgIpc) is 2.46. The Bertz CT molecular complexity index is 517. The van der Waals surface area contributed by atoms with E-state index < -0.39 is 36.8 Å². The Labute approximate surface area is 127 Å². The molecule has 0 bridgehead atoms. The van der Waals surface area contributed by atoms with Crippen LogP contribution in [0.5, 0.6) is 0 Å². The zero-order valence-corrected chi connectivity index (χ0v) is 11.7. The number of morpholine rings is 1. The number of ether oxygens (including phenoxy) is 1. The van der Waals surface area contributed by atoms with Crippen molar-refractivity contribution in [1.29, 1.82) is 0 Å². The van der Waals surface area contributed by atoms with Crippen molar-refractivity contribution >= 4 is 0 Å². The summed E-state index contributed by atoms with van der Waals surface area (Å²) in [6.07, 6.45) is -11.5. The van der Waals surface area contributed by atoms with Gasteiger partial charge in [0.05, 0.1) is 12.7 Å². The second-order valence-corrected chi connectivity index (χ2v) is 5.15. The Balaban J connectivity index is 2.01. The average molecular weight is 344 g/mol. The van der Waals surface area contributed by atoms with Gasteiger partial charge in [-0.1, -0.05) is 6.07 Å². The number of hydrogen-bond donors (Lipinski definition) is 1. The number of rotatable bonds is 3. The fraction of sp³-hybridized carbons (Fsp3) is 0.615. The molecule has 130 valence electrons. The highest BCUT2D eigenvalue weighted by Gasteiger charge is 2.40. The van der Waals surface area contributed by atoms with E-state index in [1.165, 1.54) is 11.0 Å². The largest absolute Gasteiger partial charge is 0.433 e. The molecular formula is C13H14F6N2O2. The lowest BCUT2D eigenvalue weighted by Gasteiger charge is -2.34. The highest BCUT2D eigenvalue weighted by Crippen LogP contribution is 2.29. The number of alkyl halides is 6. The third kappa shape index (κ3) is 4.79. The summed E-state index contributed by atoms with van der Waals surface area (Å²) in [5.41, 5.74) is -0.717. The van der Waals surface area contributed by atoms with E-state index in [2.05, 4.69) is 4.98 Å². The van der Waals surface area contributed by atoms with Crippen molar-refractivity contribution in [2.24, 2.45) is 0 Å². The number of hydrogen-bond acceptors (Lipinski definition) is 4. The van der Waals surface area contributed by atoms with Crippen molar-refractivity contribution in [3.63, 3.8) is 0 Å². The van der Waals surface area contributed by atoms with Crippen LogP contribution in [0.2, 0.25) is 0 Å². The minimum absolute atomic E-state index is 0.0280. The zero-order valence-electron chi connectivity index (χ0n) is 11.7. The summed E-state index contributed by atoms with van der Waals surface area (Å²) in [6.45, 7) is -0.286. The Morgan fingerprint density at radius 1 is 1.26 bits per heavy atom. The molecule has 2 atom stereocenters. The highest BCUT2D eigenvalue weighted by molar-refractivity contribution is 5.19. The number of halogens is 6. The Hall–Kier alpha value is -1.39. The van der Waals surface area contributed by atoms with Gasteiger partial charge in [-0.25, -0.2) is 0 Å². The number of β-amino-alcohol motifs (C(OH)–C–C–N with tert-alkyl or cyclic N) is 1. The number of nitrogens with zero attached hydrogens (tertiary/aromatic N) is 2. The van der Waals surface area contributed by atoms with Crippen LogP contribution in [0, 0.1) is 0 Å². The molecule has 2 rings (SSSR count). The molecule has 0 aliphatic carbocycles. The first-order chi connectivity index (χ1) is 10.6. The van der Waals surface area contributed by atoms with E-state index >= 15 is 0 Å². The highest BCUT2D eigenvalue weighted by atomic mass is 19.4. The van der Waals surface area contributed by atoms with Crippen LogP contribution >= 0.6 is 0 Å². The monoisotopic (exact) mass is 344 g/mol. The van der Waals surface area contributed by atoms with Crippen molar-refractivity contribution in [3.05, 3.63) is 29.6 Å². The molecule has 4 nitrogen and oxygen atoms in total. The molecule has 2 heterocycles. The van der Waals surface area contributed by atoms with Gasteiger partial charge in [0, 0.05) is 31.4 Å². The maximum Gasteiger partial charge on any atom is 0.433 e. The molecule has 0 amide bonds. The van der Waals surface area contributed by atoms with Gasteiger partial charge in [-0.05, 0) is 6.07 Å². The first-order valence-electron chi connectivity index (χ1n) is 6.69. The SMILES string of the molecule is O[C@@H](CN1CCO[C@H](c2ccc(C(F)(F)F)nc2)C1)C(F)(F)F. The van der Waals surface area contributed by atoms with E-state index in [4.69, 9.17) is 9.84 Å². The molecule has 0 saturated carbocycles. The summed E-state index contributed by atoms with van der Waals surface area (Å²) in [5.74, 6) is 0. The summed E-state index contributed by atoms with van der Waals surface area (Å²) in [5, 5.41) is 9.08. The fourth-order valence-corrected chi connectivity index (χ4v) is 2.18. The minimum atomic E-state index is -4.72. The topological polar surface area (TPSA) is 45.6 Å². The molecule has 10 heteroatoms. The summed E-state index contributed by atoms with van der Waals surface area (Å²) < 4.78 is 79.8. The molecule has 0 spiro atoms. The van der Waals surface area contributed by atoms with Crippen molar-refractivity contribution in [2.45, 2.75) is 24.6 Å². The van der Waals surface area contributed by atoms with Crippen LogP contribution in [0.3, 0.4) is 0 Å². The van der Waals surface area contributed by atoms with Gasteiger partial charge in [0.1, 0.15) is 5.69 Å². The molecule has 1 aliphatic rings. The summed E-state index contributed by atoms with van der Waals surface area (Å²) in [7, 11) is 0. The molecule has 1 N–H and O–H groups in total. The van der Waals surface area contributed by atoms with Gasteiger partial charge in [-0.2, -0.15) is 26.3 Å². The minimum Gasteiger partial charge on any atom is -0.382 e. The predicted octanol–water partition coefficient (Wildman–Crippen LogP) is 2.40. The van der Waals surface area contributed by atoms with Crippen molar-refractivity contribution in [3.8, 4) is 0 Å². The van der Waals surface area contributed by atoms with Crippen LogP contribution in [0.25, 0.3) is 0 Å². The molecule has 1 fully saturated rings. The number of aliphatic hydroxyl groups excluding tert-OH is 1. The molecular weight excluding hydrogens is 330 g/mol.